The van der Waals surface area contributed by atoms with Gasteiger partial charge in [0, 0.05) is 0 Å². The molecule has 2 aliphatic rings. The van der Waals surface area contributed by atoms with Crippen molar-refractivity contribution in [3.63, 3.8) is 0 Å². The molecule has 2 aliphatic carbocycles. The van der Waals surface area contributed by atoms with E-state index in [-0.39, 0.29) is 22.4 Å². The molecule has 0 fully saturated rings. The van der Waals surface area contributed by atoms with Crippen LogP contribution in [-0.4, -0.2) is 34.0 Å². The van der Waals surface area contributed by atoms with Gasteiger partial charge in [-0.25, -0.2) is 0 Å². The predicted octanol–water partition coefficient (Wildman–Crippen LogP) is 8.91. The lowest BCUT2D eigenvalue weighted by molar-refractivity contribution is -0.126. The van der Waals surface area contributed by atoms with Gasteiger partial charge in [-0.2, -0.15) is 0 Å². The first kappa shape index (κ1) is 36.6. The lowest BCUT2D eigenvalue weighted by Crippen LogP contribution is -2.35. The van der Waals surface area contributed by atoms with Crippen molar-refractivity contribution in [1.82, 2.24) is 0 Å². The number of carbonyl (C=O) groups is 2. The summed E-state index contributed by atoms with van der Waals surface area (Å²) in [6.07, 6.45) is 27.5. The van der Waals surface area contributed by atoms with Crippen molar-refractivity contribution in [1.29, 1.82) is 0 Å². The van der Waals surface area contributed by atoms with E-state index in [1.165, 1.54) is 0 Å². The second kappa shape index (κ2) is 15.9. The average Bonchev–Trinajstić information content (AvgIpc) is 2.91. The zero-order chi connectivity index (χ0) is 33.2. The number of ketones is 2. The van der Waals surface area contributed by atoms with E-state index in [0.717, 1.165) is 33.4 Å². The first-order chi connectivity index (χ1) is 20.5. The van der Waals surface area contributed by atoms with Crippen LogP contribution in [0.15, 0.2) is 130 Å². The molecular weight excluding hydrogens is 544 g/mol. The highest BCUT2D eigenvalue weighted by atomic mass is 16.3. The third-order valence-electron chi connectivity index (χ3n) is 8.31. The summed E-state index contributed by atoms with van der Waals surface area (Å²) >= 11 is 0. The highest BCUT2D eigenvalue weighted by molar-refractivity contribution is 6.01. The second-order valence-electron chi connectivity index (χ2n) is 13.4. The summed E-state index contributed by atoms with van der Waals surface area (Å²) in [5.41, 5.74) is 7.18. The second-order valence-corrected chi connectivity index (χ2v) is 13.4. The van der Waals surface area contributed by atoms with Gasteiger partial charge in [0.15, 0.2) is 11.6 Å². The van der Waals surface area contributed by atoms with E-state index in [4.69, 9.17) is 0 Å². The highest BCUT2D eigenvalue weighted by Crippen LogP contribution is 2.40. The van der Waals surface area contributed by atoms with Crippen LogP contribution in [0.4, 0.5) is 0 Å². The first-order valence-electron chi connectivity index (χ1n) is 15.4. The van der Waals surface area contributed by atoms with E-state index in [0.29, 0.717) is 24.0 Å². The Morgan fingerprint density at radius 1 is 0.568 bits per heavy atom. The fraction of sp³-hybridized carbons (Fsp3) is 0.400. The standard InChI is InChI=1S/C40H52O4/c1-27(17-12-18-29(3)21-14-22-33-31(5)37(43)35(41)25-39(33,7)8)15-11-16-28(2)19-13-20-30(4)23-24-34-32(6)38(44)36(42)26-40(34,9)10/h11-24,35-36,41-42H,25-26H2,1-10H3/b15-11+,18-12+,19-13+,22-14+,24-23+,27-17+,28-16+,29-21+,30-20+/t35-,36-/m0/s1. The monoisotopic (exact) mass is 596 g/mol. The number of Topliss-reactive ketones (excluding diaryl/α,β-unsaturated/α-hetero) is 2. The van der Waals surface area contributed by atoms with Gasteiger partial charge in [0.05, 0.1) is 0 Å². The van der Waals surface area contributed by atoms with Crippen molar-refractivity contribution >= 4 is 11.6 Å². The molecule has 0 saturated carbocycles. The molecule has 0 unspecified atom stereocenters. The molecule has 4 nitrogen and oxygen atoms in total. The van der Waals surface area contributed by atoms with Crippen LogP contribution in [0, 0.1) is 10.8 Å². The SMILES string of the molecule is CC1=C(/C=C/C=C(C)/C=C/C=C(C)/C=C/C=C(C)/C=C/C=C(C)/C=C/C2=C(C)C(=O)[C@@H](O)CC2(C)C)C(C)(C)C[C@H](O)C1=O. The molecule has 0 saturated heterocycles. The minimum absolute atomic E-state index is 0.175. The third-order valence-corrected chi connectivity index (χ3v) is 8.31. The molecular formula is C40H52O4. The predicted molar refractivity (Wildman–Crippen MR) is 185 cm³/mol. The van der Waals surface area contributed by atoms with Gasteiger partial charge in [-0.15, -0.1) is 0 Å². The van der Waals surface area contributed by atoms with E-state index in [1.54, 1.807) is 13.8 Å². The molecule has 0 bridgehead atoms. The largest absolute Gasteiger partial charge is 0.385 e. The van der Waals surface area contributed by atoms with Crippen LogP contribution in [0.3, 0.4) is 0 Å². The first-order valence-corrected chi connectivity index (χ1v) is 15.4. The van der Waals surface area contributed by atoms with Gasteiger partial charge in [0.25, 0.3) is 0 Å². The summed E-state index contributed by atoms with van der Waals surface area (Å²) in [6, 6.07) is 0. The molecule has 0 heterocycles. The summed E-state index contributed by atoms with van der Waals surface area (Å²) in [6.45, 7) is 20.0. The lowest BCUT2D eigenvalue weighted by Gasteiger charge is -2.34. The topological polar surface area (TPSA) is 74.6 Å². The summed E-state index contributed by atoms with van der Waals surface area (Å²) < 4.78 is 0. The molecule has 2 N–H and O–H groups in total. The van der Waals surface area contributed by atoms with E-state index in [2.05, 4.69) is 65.8 Å². The maximum Gasteiger partial charge on any atom is 0.187 e. The number of aliphatic hydroxyl groups excluding tert-OH is 2. The van der Waals surface area contributed by atoms with Crippen molar-refractivity contribution < 1.29 is 19.8 Å². The molecule has 44 heavy (non-hydrogen) atoms. The normalized spacial score (nSPS) is 24.5. The minimum Gasteiger partial charge on any atom is -0.385 e. The lowest BCUT2D eigenvalue weighted by atomic mass is 9.71. The fourth-order valence-corrected chi connectivity index (χ4v) is 5.64. The fourth-order valence-electron chi connectivity index (χ4n) is 5.64. The van der Waals surface area contributed by atoms with Gasteiger partial charge in [-0.3, -0.25) is 9.59 Å². The number of hydrogen-bond acceptors (Lipinski definition) is 4. The Kier molecular flexibility index (Phi) is 13.2. The van der Waals surface area contributed by atoms with Crippen LogP contribution in [0.2, 0.25) is 0 Å². The molecule has 0 spiro atoms. The van der Waals surface area contributed by atoms with Crippen molar-refractivity contribution in [2.45, 2.75) is 94.3 Å². The highest BCUT2D eigenvalue weighted by Gasteiger charge is 2.37. The molecule has 0 aliphatic heterocycles. The molecule has 236 valence electrons. The Bertz CT molecular complexity index is 1450. The van der Waals surface area contributed by atoms with Crippen molar-refractivity contribution in [2.75, 3.05) is 0 Å². The van der Waals surface area contributed by atoms with Gasteiger partial charge in [0.2, 0.25) is 0 Å². The molecule has 0 radical (unpaired) electrons. The zero-order valence-corrected chi connectivity index (χ0v) is 28.4. The van der Waals surface area contributed by atoms with E-state index < -0.39 is 12.2 Å². The summed E-state index contributed by atoms with van der Waals surface area (Å²) in [4.78, 5) is 24.4. The smallest absolute Gasteiger partial charge is 0.187 e. The molecule has 0 amide bonds. The van der Waals surface area contributed by atoms with Gasteiger partial charge in [-0.05, 0) is 87.5 Å². The number of aliphatic hydroxyl groups is 2. The summed E-state index contributed by atoms with van der Waals surface area (Å²) in [5.74, 6) is -0.351. The van der Waals surface area contributed by atoms with Gasteiger partial charge < -0.3 is 10.2 Å². The van der Waals surface area contributed by atoms with E-state index in [1.807, 2.05) is 74.6 Å². The van der Waals surface area contributed by atoms with Crippen molar-refractivity contribution in [2.24, 2.45) is 10.8 Å². The zero-order valence-electron chi connectivity index (χ0n) is 28.4. The third kappa shape index (κ3) is 10.5. The number of carbonyl (C=O) groups excluding carboxylic acids is 2. The number of hydrogen-bond donors (Lipinski definition) is 2. The van der Waals surface area contributed by atoms with Crippen molar-refractivity contribution in [3.05, 3.63) is 130 Å². The Labute approximate surface area is 265 Å². The van der Waals surface area contributed by atoms with E-state index >= 15 is 0 Å². The Balaban J connectivity index is 1.95. The van der Waals surface area contributed by atoms with E-state index in [9.17, 15) is 19.8 Å². The van der Waals surface area contributed by atoms with Crippen LogP contribution in [-0.2, 0) is 9.59 Å². The molecule has 0 aromatic carbocycles. The Morgan fingerprint density at radius 2 is 0.886 bits per heavy atom. The summed E-state index contributed by atoms with van der Waals surface area (Å²) in [5, 5.41) is 20.0. The molecule has 0 aromatic rings. The molecule has 2 rings (SSSR count). The quantitative estimate of drug-likeness (QED) is 0.247. The Morgan fingerprint density at radius 3 is 1.27 bits per heavy atom. The van der Waals surface area contributed by atoms with Crippen LogP contribution in [0.1, 0.15) is 82.1 Å². The van der Waals surface area contributed by atoms with Gasteiger partial charge in [0.1, 0.15) is 12.2 Å². The van der Waals surface area contributed by atoms with Gasteiger partial charge >= 0.3 is 0 Å². The van der Waals surface area contributed by atoms with Crippen molar-refractivity contribution in [3.8, 4) is 0 Å². The number of allylic oxidation sites excluding steroid dienone is 20. The average molecular weight is 597 g/mol. The van der Waals surface area contributed by atoms with Crippen LogP contribution < -0.4 is 0 Å². The minimum atomic E-state index is -0.907. The van der Waals surface area contributed by atoms with Crippen LogP contribution >= 0.6 is 0 Å². The molecule has 4 heteroatoms. The maximum absolute atomic E-state index is 12.2. The Hall–Kier alpha value is -3.60. The van der Waals surface area contributed by atoms with Crippen LogP contribution in [0.25, 0.3) is 0 Å². The van der Waals surface area contributed by atoms with Crippen LogP contribution in [0.5, 0.6) is 0 Å². The maximum atomic E-state index is 12.2. The molecule has 2 atom stereocenters. The number of rotatable bonds is 10. The molecule has 0 aromatic heterocycles. The summed E-state index contributed by atoms with van der Waals surface area (Å²) in [7, 11) is 0. The van der Waals surface area contributed by atoms with Gasteiger partial charge in [-0.1, -0.05) is 135 Å².